The van der Waals surface area contributed by atoms with Crippen LogP contribution in [-0.2, 0) is 10.1 Å². The maximum atomic E-state index is 10.9. The first-order valence-corrected chi connectivity index (χ1v) is 5.55. The van der Waals surface area contributed by atoms with E-state index in [9.17, 15) is 8.42 Å². The number of nitrogens with one attached hydrogen (secondary N) is 1. The van der Waals surface area contributed by atoms with Crippen molar-refractivity contribution < 1.29 is 13.0 Å². The Morgan fingerprint density at radius 3 is 2.33 bits per heavy atom. The first kappa shape index (κ1) is 8.47. The summed E-state index contributed by atoms with van der Waals surface area (Å²) in [4.78, 5) is 0. The molecule has 1 saturated heterocycles. The van der Waals surface area contributed by atoms with Gasteiger partial charge in [-0.05, 0) is 11.3 Å². The zero-order valence-corrected chi connectivity index (χ0v) is 7.93. The Morgan fingerprint density at radius 2 is 2.08 bits per heavy atom. The Morgan fingerprint density at radius 1 is 1.50 bits per heavy atom. The Labute approximate surface area is 72.1 Å². The third-order valence-electron chi connectivity index (χ3n) is 3.33. The number of fused-ring (bicyclic) bond motifs is 1. The molecule has 2 aliphatic rings. The van der Waals surface area contributed by atoms with Crippen molar-refractivity contribution in [2.45, 2.75) is 19.2 Å². The van der Waals surface area contributed by atoms with Crippen LogP contribution in [0.15, 0.2) is 0 Å². The molecule has 1 aliphatic carbocycles. The number of piperidine rings is 1. The third-order valence-corrected chi connectivity index (χ3v) is 4.43. The van der Waals surface area contributed by atoms with Crippen LogP contribution in [0.25, 0.3) is 0 Å². The highest BCUT2D eigenvalue weighted by Gasteiger charge is 2.67. The van der Waals surface area contributed by atoms with Crippen LogP contribution in [0.4, 0.5) is 0 Å². The largest absolute Gasteiger partial charge is 0.299 e. The second-order valence-electron chi connectivity index (χ2n) is 4.30. The van der Waals surface area contributed by atoms with Crippen molar-refractivity contribution in [2.75, 3.05) is 6.54 Å². The molecule has 1 saturated carbocycles. The summed E-state index contributed by atoms with van der Waals surface area (Å²) in [5, 5.41) is 2.09. The molecule has 0 radical (unpaired) electrons. The van der Waals surface area contributed by atoms with Crippen LogP contribution in [0.1, 0.15) is 13.8 Å². The van der Waals surface area contributed by atoms with E-state index in [0.717, 1.165) is 0 Å². The molecule has 2 fully saturated rings. The van der Waals surface area contributed by atoms with Crippen molar-refractivity contribution in [1.29, 1.82) is 0 Å². The van der Waals surface area contributed by atoms with Gasteiger partial charge in [-0.15, -0.1) is 0 Å². The molecule has 0 aromatic carbocycles. The maximum absolute atomic E-state index is 10.9. The standard InChI is InChI=1S/C7H13NO3S/c1-7(2)4-3-8-6(5(4)7)12(9,10)11/h4-6,8H,3H2,1-2H3,(H,9,10,11). The van der Waals surface area contributed by atoms with E-state index < -0.39 is 15.5 Å². The van der Waals surface area contributed by atoms with Crippen molar-refractivity contribution in [2.24, 2.45) is 17.3 Å². The zero-order valence-electron chi connectivity index (χ0n) is 7.11. The van der Waals surface area contributed by atoms with Gasteiger partial charge in [0.15, 0.2) is 0 Å². The fraction of sp³-hybridized carbons (Fsp3) is 1.00. The smallest absolute Gasteiger partial charge is 0.281 e. The van der Waals surface area contributed by atoms with E-state index >= 15 is 0 Å². The molecule has 4 nitrogen and oxygen atoms in total. The van der Waals surface area contributed by atoms with E-state index in [0.29, 0.717) is 12.5 Å². The second kappa shape index (κ2) is 2.02. The molecule has 3 unspecified atom stereocenters. The van der Waals surface area contributed by atoms with Crippen LogP contribution < -0.4 is 5.32 Å². The molecule has 0 spiro atoms. The van der Waals surface area contributed by atoms with Gasteiger partial charge in [0.05, 0.1) is 0 Å². The lowest BCUT2D eigenvalue weighted by atomic mass is 10.1. The minimum atomic E-state index is -3.89. The van der Waals surface area contributed by atoms with E-state index in [-0.39, 0.29) is 11.3 Å². The Kier molecular flexibility index (Phi) is 1.43. The molecule has 0 bridgehead atoms. The summed E-state index contributed by atoms with van der Waals surface area (Å²) in [6, 6.07) is 0. The minimum absolute atomic E-state index is 0.0890. The summed E-state index contributed by atoms with van der Waals surface area (Å²) in [7, 11) is -3.89. The van der Waals surface area contributed by atoms with Crippen molar-refractivity contribution >= 4 is 10.1 Å². The highest BCUT2D eigenvalue weighted by atomic mass is 32.2. The average molecular weight is 191 g/mol. The zero-order chi connectivity index (χ0) is 9.15. The molecule has 1 aliphatic heterocycles. The fourth-order valence-electron chi connectivity index (χ4n) is 2.44. The first-order valence-electron chi connectivity index (χ1n) is 4.05. The van der Waals surface area contributed by atoms with Gasteiger partial charge in [0, 0.05) is 12.5 Å². The molecule has 5 heteroatoms. The third kappa shape index (κ3) is 0.932. The molecule has 0 aromatic rings. The Balaban J connectivity index is 2.24. The number of hydrogen-bond acceptors (Lipinski definition) is 3. The van der Waals surface area contributed by atoms with Crippen molar-refractivity contribution in [3.05, 3.63) is 0 Å². The molecule has 0 aromatic heterocycles. The van der Waals surface area contributed by atoms with Crippen LogP contribution in [0, 0.1) is 17.3 Å². The number of hydrogen-bond donors (Lipinski definition) is 2. The monoisotopic (exact) mass is 191 g/mol. The fourth-order valence-corrected chi connectivity index (χ4v) is 3.66. The highest BCUT2D eigenvalue weighted by molar-refractivity contribution is 7.86. The molecule has 2 rings (SSSR count). The first-order chi connectivity index (χ1) is 5.35. The molecule has 12 heavy (non-hydrogen) atoms. The predicted octanol–water partition coefficient (Wildman–Crippen LogP) is 0.0757. The lowest BCUT2D eigenvalue weighted by Gasteiger charge is -2.15. The van der Waals surface area contributed by atoms with Crippen molar-refractivity contribution in [1.82, 2.24) is 5.32 Å². The molecule has 0 amide bonds. The summed E-state index contributed by atoms with van der Waals surface area (Å²) in [5.41, 5.74) is 0.0890. The summed E-state index contributed by atoms with van der Waals surface area (Å²) in [5.74, 6) is 0.525. The van der Waals surface area contributed by atoms with Gasteiger partial charge < -0.3 is 0 Å². The molecular weight excluding hydrogens is 178 g/mol. The summed E-state index contributed by atoms with van der Waals surface area (Å²) < 4.78 is 30.6. The van der Waals surface area contributed by atoms with Crippen LogP contribution in [0.3, 0.4) is 0 Å². The summed E-state index contributed by atoms with van der Waals surface area (Å²) >= 11 is 0. The van der Waals surface area contributed by atoms with Gasteiger partial charge >= 0.3 is 0 Å². The maximum Gasteiger partial charge on any atom is 0.281 e. The molecular formula is C7H13NO3S. The van der Waals surface area contributed by atoms with Gasteiger partial charge in [-0.3, -0.25) is 9.87 Å². The second-order valence-corrected chi connectivity index (χ2v) is 5.84. The van der Waals surface area contributed by atoms with Crippen LogP contribution in [0.5, 0.6) is 0 Å². The summed E-state index contributed by atoms with van der Waals surface area (Å²) in [6.07, 6.45) is 0. The highest BCUT2D eigenvalue weighted by Crippen LogP contribution is 2.62. The SMILES string of the molecule is CC1(C)C2CNC(S(=O)(=O)O)C21. The Bertz CT molecular complexity index is 309. The lowest BCUT2D eigenvalue weighted by Crippen LogP contribution is -2.37. The van der Waals surface area contributed by atoms with Gasteiger partial charge in [0.1, 0.15) is 5.37 Å². The Hall–Kier alpha value is -0.130. The van der Waals surface area contributed by atoms with Crippen molar-refractivity contribution in [3.63, 3.8) is 0 Å². The van der Waals surface area contributed by atoms with Crippen LogP contribution in [-0.4, -0.2) is 24.9 Å². The van der Waals surface area contributed by atoms with Gasteiger partial charge in [-0.25, -0.2) is 0 Å². The molecule has 70 valence electrons. The summed E-state index contributed by atoms with van der Waals surface area (Å²) in [6.45, 7) is 4.80. The molecule has 3 atom stereocenters. The predicted molar refractivity (Wildman–Crippen MR) is 44.1 cm³/mol. The van der Waals surface area contributed by atoms with E-state index in [2.05, 4.69) is 5.32 Å². The number of rotatable bonds is 1. The van der Waals surface area contributed by atoms with E-state index in [1.807, 2.05) is 13.8 Å². The molecule has 2 N–H and O–H groups in total. The molecule has 1 heterocycles. The van der Waals surface area contributed by atoms with Gasteiger partial charge in [-0.1, -0.05) is 13.8 Å². The van der Waals surface area contributed by atoms with Crippen LogP contribution in [0.2, 0.25) is 0 Å². The lowest BCUT2D eigenvalue weighted by molar-refractivity contribution is 0.408. The van der Waals surface area contributed by atoms with Crippen molar-refractivity contribution in [3.8, 4) is 0 Å². The topological polar surface area (TPSA) is 66.4 Å². The quantitative estimate of drug-likeness (QED) is 0.576. The van der Waals surface area contributed by atoms with E-state index in [1.54, 1.807) is 0 Å². The van der Waals surface area contributed by atoms with Crippen LogP contribution >= 0.6 is 0 Å². The van der Waals surface area contributed by atoms with E-state index in [4.69, 9.17) is 4.55 Å². The normalized spacial score (nSPS) is 44.1. The average Bonchev–Trinajstić information content (AvgIpc) is 2.34. The van der Waals surface area contributed by atoms with Gasteiger partial charge in [0.2, 0.25) is 0 Å². The minimum Gasteiger partial charge on any atom is -0.299 e. The van der Waals surface area contributed by atoms with Gasteiger partial charge in [0.25, 0.3) is 10.1 Å². The van der Waals surface area contributed by atoms with E-state index in [1.165, 1.54) is 0 Å². The van der Waals surface area contributed by atoms with Gasteiger partial charge in [-0.2, -0.15) is 8.42 Å².